The van der Waals surface area contributed by atoms with Crippen molar-refractivity contribution in [3.63, 3.8) is 0 Å². The molecule has 4 aromatic rings. The molecule has 0 bridgehead atoms. The maximum Gasteiger partial charge on any atom is 0.316 e. The van der Waals surface area contributed by atoms with Crippen molar-refractivity contribution in [3.8, 4) is 11.1 Å². The molecule has 0 aliphatic carbocycles. The van der Waals surface area contributed by atoms with E-state index in [1.54, 1.807) is 25.1 Å². The highest BCUT2D eigenvalue weighted by Gasteiger charge is 2.12. The summed E-state index contributed by atoms with van der Waals surface area (Å²) in [5.74, 6) is -0.256. The van der Waals surface area contributed by atoms with Gasteiger partial charge in [0.2, 0.25) is 0 Å². The van der Waals surface area contributed by atoms with Crippen LogP contribution in [0.3, 0.4) is 0 Å². The fourth-order valence-corrected chi connectivity index (χ4v) is 4.12. The summed E-state index contributed by atoms with van der Waals surface area (Å²) >= 11 is 0. The fraction of sp³-hybridized carbons (Fsp3) is 0.222. The molecule has 7 heteroatoms. The molecule has 0 fully saturated rings. The maximum atomic E-state index is 12.9. The number of H-pyrrole nitrogens is 1. The molecule has 0 radical (unpaired) electrons. The monoisotopic (exact) mass is 456 g/mol. The summed E-state index contributed by atoms with van der Waals surface area (Å²) in [5.41, 5.74) is 4.56. The lowest BCUT2D eigenvalue weighted by Gasteiger charge is -2.13. The van der Waals surface area contributed by atoms with E-state index >= 15 is 0 Å². The number of hydrogen-bond donors (Lipinski definition) is 2. The number of aryl methyl sites for hydroxylation is 1. The Hall–Kier alpha value is -3.97. The highest BCUT2D eigenvalue weighted by atomic mass is 16.2. The minimum Gasteiger partial charge on any atom is -0.348 e. The Morgan fingerprint density at radius 3 is 2.44 bits per heavy atom. The van der Waals surface area contributed by atoms with Crippen molar-refractivity contribution in [2.75, 3.05) is 14.1 Å². The number of aromatic amines is 1. The molecule has 2 N–H and O–H groups in total. The topological polar surface area (TPSA) is 87.2 Å². The number of fused-ring (bicyclic) bond motifs is 1. The van der Waals surface area contributed by atoms with Gasteiger partial charge in [0.15, 0.2) is 0 Å². The number of rotatable bonds is 7. The molecule has 0 aliphatic heterocycles. The zero-order valence-corrected chi connectivity index (χ0v) is 19.6. The predicted molar refractivity (Wildman–Crippen MR) is 135 cm³/mol. The average Bonchev–Trinajstić information content (AvgIpc) is 2.83. The molecule has 1 aromatic heterocycles. The quantitative estimate of drug-likeness (QED) is 0.418. The van der Waals surface area contributed by atoms with E-state index in [4.69, 9.17) is 0 Å². The van der Waals surface area contributed by atoms with Gasteiger partial charge in [0.05, 0.1) is 11.0 Å². The van der Waals surface area contributed by atoms with Crippen LogP contribution in [-0.2, 0) is 19.6 Å². The van der Waals surface area contributed by atoms with Crippen molar-refractivity contribution >= 4 is 16.9 Å². The second-order valence-electron chi connectivity index (χ2n) is 8.51. The summed E-state index contributed by atoms with van der Waals surface area (Å²) in [5, 5.41) is 2.98. The van der Waals surface area contributed by atoms with Gasteiger partial charge >= 0.3 is 11.1 Å². The van der Waals surface area contributed by atoms with E-state index in [1.807, 2.05) is 38.4 Å². The van der Waals surface area contributed by atoms with Crippen LogP contribution in [0, 0.1) is 0 Å². The van der Waals surface area contributed by atoms with Crippen LogP contribution in [0.15, 0.2) is 76.3 Å². The highest BCUT2D eigenvalue weighted by molar-refractivity contribution is 5.97. The van der Waals surface area contributed by atoms with E-state index in [0.29, 0.717) is 29.7 Å². The molecule has 0 atom stereocenters. The lowest BCUT2D eigenvalue weighted by Crippen LogP contribution is -2.36. The standard InChI is InChI=1S/C27H28N4O3/c1-4-31-24-14-13-20(15-23(24)29-26(33)27(31)34)25(32)28-16-21-7-5-6-8-22(21)19-11-9-18(10-12-19)17-30(2)3/h5-15H,4,16-17H2,1-3H3,(H,28,32)(H,29,33). The van der Waals surface area contributed by atoms with Gasteiger partial charge in [-0.3, -0.25) is 14.4 Å². The average molecular weight is 457 g/mol. The van der Waals surface area contributed by atoms with Gasteiger partial charge in [0, 0.05) is 25.2 Å². The molecule has 4 rings (SSSR count). The smallest absolute Gasteiger partial charge is 0.316 e. The Morgan fingerprint density at radius 2 is 1.74 bits per heavy atom. The van der Waals surface area contributed by atoms with Gasteiger partial charge in [-0.2, -0.15) is 0 Å². The third kappa shape index (κ3) is 4.84. The molecule has 0 saturated heterocycles. The van der Waals surface area contributed by atoms with Gasteiger partial charge < -0.3 is 19.8 Å². The lowest BCUT2D eigenvalue weighted by molar-refractivity contribution is 0.0951. The molecule has 0 unspecified atom stereocenters. The Labute approximate surface area is 197 Å². The number of aromatic nitrogens is 2. The van der Waals surface area contributed by atoms with Gasteiger partial charge in [-0.1, -0.05) is 48.5 Å². The predicted octanol–water partition coefficient (Wildman–Crippen LogP) is 3.37. The van der Waals surface area contributed by atoms with E-state index in [-0.39, 0.29) is 5.91 Å². The summed E-state index contributed by atoms with van der Waals surface area (Å²) in [6, 6.07) is 21.4. The van der Waals surface area contributed by atoms with E-state index in [1.165, 1.54) is 10.1 Å². The number of amides is 1. The number of carbonyl (C=O) groups excluding carboxylic acids is 1. The third-order valence-electron chi connectivity index (χ3n) is 5.77. The third-order valence-corrected chi connectivity index (χ3v) is 5.77. The molecule has 7 nitrogen and oxygen atoms in total. The van der Waals surface area contributed by atoms with Crippen molar-refractivity contribution in [3.05, 3.63) is 104 Å². The lowest BCUT2D eigenvalue weighted by atomic mass is 9.98. The van der Waals surface area contributed by atoms with Gasteiger partial charge in [0.1, 0.15) is 0 Å². The Morgan fingerprint density at radius 1 is 1.00 bits per heavy atom. The van der Waals surface area contributed by atoms with Crippen LogP contribution in [-0.4, -0.2) is 34.5 Å². The maximum absolute atomic E-state index is 12.9. The van der Waals surface area contributed by atoms with Gasteiger partial charge in [-0.05, 0) is 61.5 Å². The minimum atomic E-state index is -0.697. The molecule has 0 aliphatic rings. The van der Waals surface area contributed by atoms with Gasteiger partial charge in [-0.25, -0.2) is 0 Å². The first kappa shape index (κ1) is 23.2. The SMILES string of the molecule is CCn1c(=O)c(=O)[nH]c2cc(C(=O)NCc3ccccc3-c3ccc(CN(C)C)cc3)ccc21. The van der Waals surface area contributed by atoms with Crippen LogP contribution in [0.4, 0.5) is 0 Å². The largest absolute Gasteiger partial charge is 0.348 e. The van der Waals surface area contributed by atoms with Crippen LogP contribution in [0.25, 0.3) is 22.2 Å². The molecule has 174 valence electrons. The van der Waals surface area contributed by atoms with Crippen molar-refractivity contribution in [1.82, 2.24) is 19.8 Å². The molecule has 34 heavy (non-hydrogen) atoms. The number of benzene rings is 3. The van der Waals surface area contributed by atoms with Gasteiger partial charge in [0.25, 0.3) is 5.91 Å². The summed E-state index contributed by atoms with van der Waals surface area (Å²) in [4.78, 5) is 41.6. The van der Waals surface area contributed by atoms with Crippen molar-refractivity contribution in [2.24, 2.45) is 0 Å². The first-order valence-electron chi connectivity index (χ1n) is 11.2. The fourth-order valence-electron chi connectivity index (χ4n) is 4.12. The number of carbonyl (C=O) groups is 1. The summed E-state index contributed by atoms with van der Waals surface area (Å²) < 4.78 is 1.40. The van der Waals surface area contributed by atoms with Crippen LogP contribution in [0.2, 0.25) is 0 Å². The molecule has 0 spiro atoms. The molecular formula is C27H28N4O3. The zero-order valence-electron chi connectivity index (χ0n) is 19.6. The number of nitrogens with zero attached hydrogens (tertiary/aromatic N) is 2. The molecule has 0 saturated carbocycles. The molecular weight excluding hydrogens is 428 g/mol. The molecule has 1 amide bonds. The van der Waals surface area contributed by atoms with Crippen molar-refractivity contribution in [1.29, 1.82) is 0 Å². The molecule has 1 heterocycles. The first-order chi connectivity index (χ1) is 16.4. The van der Waals surface area contributed by atoms with E-state index < -0.39 is 11.1 Å². The summed E-state index contributed by atoms with van der Waals surface area (Å²) in [6.07, 6.45) is 0. The van der Waals surface area contributed by atoms with Crippen LogP contribution < -0.4 is 16.4 Å². The van der Waals surface area contributed by atoms with Crippen LogP contribution >= 0.6 is 0 Å². The van der Waals surface area contributed by atoms with E-state index in [2.05, 4.69) is 39.5 Å². The Kier molecular flexibility index (Phi) is 6.75. The van der Waals surface area contributed by atoms with E-state index in [9.17, 15) is 14.4 Å². The zero-order chi connectivity index (χ0) is 24.2. The van der Waals surface area contributed by atoms with Crippen LogP contribution in [0.5, 0.6) is 0 Å². The second-order valence-corrected chi connectivity index (χ2v) is 8.51. The molecule has 3 aromatic carbocycles. The second kappa shape index (κ2) is 9.89. The summed E-state index contributed by atoms with van der Waals surface area (Å²) in [7, 11) is 4.09. The Bertz CT molecular complexity index is 1450. The van der Waals surface area contributed by atoms with Crippen molar-refractivity contribution in [2.45, 2.75) is 26.6 Å². The van der Waals surface area contributed by atoms with Gasteiger partial charge in [-0.15, -0.1) is 0 Å². The highest BCUT2D eigenvalue weighted by Crippen LogP contribution is 2.24. The number of hydrogen-bond acceptors (Lipinski definition) is 4. The minimum absolute atomic E-state index is 0.256. The van der Waals surface area contributed by atoms with E-state index in [0.717, 1.165) is 23.2 Å². The number of nitrogens with one attached hydrogen (secondary N) is 2. The summed E-state index contributed by atoms with van der Waals surface area (Å²) in [6.45, 7) is 3.41. The Balaban J connectivity index is 1.55. The normalized spacial score (nSPS) is 11.2. The van der Waals surface area contributed by atoms with Crippen molar-refractivity contribution < 1.29 is 4.79 Å². The van der Waals surface area contributed by atoms with Crippen LogP contribution in [0.1, 0.15) is 28.4 Å². The first-order valence-corrected chi connectivity index (χ1v) is 11.2.